The van der Waals surface area contributed by atoms with Gasteiger partial charge in [0.15, 0.2) is 5.82 Å². The van der Waals surface area contributed by atoms with E-state index in [9.17, 15) is 0 Å². The van der Waals surface area contributed by atoms with Crippen molar-refractivity contribution < 1.29 is 14.0 Å². The summed E-state index contributed by atoms with van der Waals surface area (Å²) in [6.45, 7) is 3.98. The summed E-state index contributed by atoms with van der Waals surface area (Å²) in [7, 11) is 3.04. The summed E-state index contributed by atoms with van der Waals surface area (Å²) in [6, 6.07) is 0. The van der Waals surface area contributed by atoms with E-state index < -0.39 is 6.29 Å². The fraction of sp³-hybridized carbons (Fsp3) is 0.750. The summed E-state index contributed by atoms with van der Waals surface area (Å²) in [6.07, 6.45) is -0.569. The summed E-state index contributed by atoms with van der Waals surface area (Å²) < 4.78 is 14.9. The van der Waals surface area contributed by atoms with Gasteiger partial charge >= 0.3 is 0 Å². The molecule has 0 aliphatic rings. The Bertz CT molecular complexity index is 256. The number of ether oxygens (including phenoxy) is 2. The maximum atomic E-state index is 4.96. The van der Waals surface area contributed by atoms with Gasteiger partial charge in [0.2, 0.25) is 6.29 Å². The second-order valence-corrected chi connectivity index (χ2v) is 2.95. The summed E-state index contributed by atoms with van der Waals surface area (Å²) in [4.78, 5) is 4.12. The first-order chi connectivity index (χ1) is 6.19. The highest BCUT2D eigenvalue weighted by Gasteiger charge is 2.18. The topological polar surface area (TPSA) is 57.4 Å². The van der Waals surface area contributed by atoms with Gasteiger partial charge in [0.1, 0.15) is 0 Å². The van der Waals surface area contributed by atoms with Crippen LogP contribution in [0, 0.1) is 0 Å². The first kappa shape index (κ1) is 10.1. The van der Waals surface area contributed by atoms with Crippen molar-refractivity contribution in [2.45, 2.75) is 26.1 Å². The van der Waals surface area contributed by atoms with Gasteiger partial charge in [-0.05, 0) is 0 Å². The molecular formula is C8H14N2O3. The third-order valence-corrected chi connectivity index (χ3v) is 1.60. The fourth-order valence-electron chi connectivity index (χ4n) is 0.875. The summed E-state index contributed by atoms with van der Waals surface area (Å²) in [5.41, 5.74) is 0. The molecule has 0 saturated heterocycles. The molecule has 5 nitrogen and oxygen atoms in total. The molecule has 1 rings (SSSR count). The SMILES string of the molecule is COC(OC)c1nc(C(C)C)no1. The Balaban J connectivity index is 2.78. The van der Waals surface area contributed by atoms with Crippen LogP contribution in [-0.2, 0) is 9.47 Å². The van der Waals surface area contributed by atoms with Crippen LogP contribution in [0.3, 0.4) is 0 Å². The van der Waals surface area contributed by atoms with E-state index >= 15 is 0 Å². The van der Waals surface area contributed by atoms with Crippen LogP contribution in [0.1, 0.15) is 37.8 Å². The van der Waals surface area contributed by atoms with E-state index in [1.165, 1.54) is 14.2 Å². The average molecular weight is 186 g/mol. The minimum atomic E-state index is -0.569. The molecule has 1 aromatic rings. The lowest BCUT2D eigenvalue weighted by molar-refractivity contribution is -0.123. The summed E-state index contributed by atoms with van der Waals surface area (Å²) in [5, 5.41) is 3.79. The van der Waals surface area contributed by atoms with Crippen LogP contribution in [0.5, 0.6) is 0 Å². The number of aromatic nitrogens is 2. The average Bonchev–Trinajstić information content (AvgIpc) is 2.56. The molecule has 0 spiro atoms. The predicted octanol–water partition coefficient (Wildman–Crippen LogP) is 1.48. The zero-order valence-electron chi connectivity index (χ0n) is 8.27. The quantitative estimate of drug-likeness (QED) is 0.666. The molecule has 0 unspecified atom stereocenters. The molecule has 13 heavy (non-hydrogen) atoms. The Labute approximate surface area is 77.0 Å². The van der Waals surface area contributed by atoms with Gasteiger partial charge in [0, 0.05) is 20.1 Å². The van der Waals surface area contributed by atoms with E-state index in [2.05, 4.69) is 10.1 Å². The molecule has 0 bridgehead atoms. The highest BCUT2D eigenvalue weighted by molar-refractivity contribution is 4.92. The molecule has 0 aromatic carbocycles. The van der Waals surface area contributed by atoms with E-state index in [1.54, 1.807) is 0 Å². The second kappa shape index (κ2) is 4.34. The van der Waals surface area contributed by atoms with Crippen LogP contribution in [0.4, 0.5) is 0 Å². The highest BCUT2D eigenvalue weighted by atomic mass is 16.7. The standard InChI is InChI=1S/C8H14N2O3/c1-5(2)6-9-7(13-10-6)8(11-3)12-4/h5,8H,1-4H3. The third kappa shape index (κ3) is 2.26. The number of rotatable bonds is 4. The van der Waals surface area contributed by atoms with Gasteiger partial charge in [-0.2, -0.15) is 4.98 Å². The van der Waals surface area contributed by atoms with Gasteiger partial charge < -0.3 is 14.0 Å². The van der Waals surface area contributed by atoms with Crippen LogP contribution in [-0.4, -0.2) is 24.4 Å². The minimum Gasteiger partial charge on any atom is -0.348 e. The normalized spacial score (nSPS) is 11.5. The first-order valence-corrected chi connectivity index (χ1v) is 4.08. The largest absolute Gasteiger partial charge is 0.348 e. The van der Waals surface area contributed by atoms with Crippen molar-refractivity contribution in [1.29, 1.82) is 0 Å². The van der Waals surface area contributed by atoms with E-state index in [0.717, 1.165) is 0 Å². The molecule has 0 aliphatic heterocycles. The van der Waals surface area contributed by atoms with E-state index in [-0.39, 0.29) is 5.92 Å². The maximum Gasteiger partial charge on any atom is 0.283 e. The lowest BCUT2D eigenvalue weighted by Crippen LogP contribution is -2.04. The minimum absolute atomic E-state index is 0.242. The Hall–Kier alpha value is -0.940. The zero-order chi connectivity index (χ0) is 9.84. The molecule has 0 saturated carbocycles. The monoisotopic (exact) mass is 186 g/mol. The fourth-order valence-corrected chi connectivity index (χ4v) is 0.875. The van der Waals surface area contributed by atoms with Crippen molar-refractivity contribution in [2.24, 2.45) is 0 Å². The lowest BCUT2D eigenvalue weighted by Gasteiger charge is -2.06. The molecule has 0 fully saturated rings. The number of methoxy groups -OCH3 is 2. The van der Waals surface area contributed by atoms with Gasteiger partial charge in [-0.15, -0.1) is 0 Å². The van der Waals surface area contributed by atoms with E-state index in [4.69, 9.17) is 14.0 Å². The third-order valence-electron chi connectivity index (χ3n) is 1.60. The number of hydrogen-bond donors (Lipinski definition) is 0. The highest BCUT2D eigenvalue weighted by Crippen LogP contribution is 2.17. The number of hydrogen-bond acceptors (Lipinski definition) is 5. The maximum absolute atomic E-state index is 4.96. The molecule has 0 atom stereocenters. The first-order valence-electron chi connectivity index (χ1n) is 4.08. The van der Waals surface area contributed by atoms with Crippen molar-refractivity contribution in [1.82, 2.24) is 10.1 Å². The molecule has 74 valence electrons. The van der Waals surface area contributed by atoms with E-state index in [0.29, 0.717) is 11.7 Å². The van der Waals surface area contributed by atoms with Crippen molar-refractivity contribution in [2.75, 3.05) is 14.2 Å². The van der Waals surface area contributed by atoms with Gasteiger partial charge in [-0.1, -0.05) is 19.0 Å². The van der Waals surface area contributed by atoms with Crippen molar-refractivity contribution in [3.8, 4) is 0 Å². The van der Waals surface area contributed by atoms with E-state index in [1.807, 2.05) is 13.8 Å². The summed E-state index contributed by atoms with van der Waals surface area (Å²) >= 11 is 0. The van der Waals surface area contributed by atoms with Crippen LogP contribution in [0.25, 0.3) is 0 Å². The van der Waals surface area contributed by atoms with Crippen LogP contribution < -0.4 is 0 Å². The predicted molar refractivity (Wildman–Crippen MR) is 45.1 cm³/mol. The number of nitrogens with zero attached hydrogens (tertiary/aromatic N) is 2. The molecule has 0 amide bonds. The zero-order valence-corrected chi connectivity index (χ0v) is 8.27. The summed E-state index contributed by atoms with van der Waals surface area (Å²) in [5.74, 6) is 1.26. The molecule has 0 N–H and O–H groups in total. The van der Waals surface area contributed by atoms with Crippen molar-refractivity contribution >= 4 is 0 Å². The Kier molecular flexibility index (Phi) is 3.39. The Morgan fingerprint density at radius 2 is 1.85 bits per heavy atom. The van der Waals surface area contributed by atoms with Gasteiger partial charge in [-0.25, -0.2) is 0 Å². The second-order valence-electron chi connectivity index (χ2n) is 2.95. The lowest BCUT2D eigenvalue weighted by atomic mass is 10.2. The molecule has 1 aromatic heterocycles. The van der Waals surface area contributed by atoms with Crippen molar-refractivity contribution in [3.63, 3.8) is 0 Å². The molecular weight excluding hydrogens is 172 g/mol. The van der Waals surface area contributed by atoms with Crippen LogP contribution in [0.15, 0.2) is 4.52 Å². The smallest absolute Gasteiger partial charge is 0.283 e. The van der Waals surface area contributed by atoms with Crippen LogP contribution in [0.2, 0.25) is 0 Å². The van der Waals surface area contributed by atoms with Gasteiger partial charge in [0.25, 0.3) is 5.89 Å². The molecule has 1 heterocycles. The molecule has 5 heteroatoms. The Morgan fingerprint density at radius 1 is 1.23 bits per heavy atom. The van der Waals surface area contributed by atoms with Crippen molar-refractivity contribution in [3.05, 3.63) is 11.7 Å². The molecule has 0 radical (unpaired) electrons. The Morgan fingerprint density at radius 3 is 2.23 bits per heavy atom. The van der Waals surface area contributed by atoms with Crippen LogP contribution >= 0.6 is 0 Å². The van der Waals surface area contributed by atoms with Gasteiger partial charge in [-0.3, -0.25) is 0 Å². The molecule has 0 aliphatic carbocycles. The van der Waals surface area contributed by atoms with Gasteiger partial charge in [0.05, 0.1) is 0 Å².